The minimum Gasteiger partial charge on any atom is -0.444 e. The Balaban J connectivity index is 0.000000919. The van der Waals surface area contributed by atoms with E-state index in [1.54, 1.807) is 46.7 Å². The number of carbonyl (C=O) groups excluding carboxylic acids is 5. The molecule has 19 nitrogen and oxygen atoms in total. The first-order chi connectivity index (χ1) is 62.7. The molecule has 10 N–H and O–H groups in total. The minimum absolute atomic E-state index is 0. The molecule has 0 saturated carbocycles. The molecule has 135 heavy (non-hydrogen) atoms. The molecule has 0 aliphatic heterocycles. The number of nitrogens with two attached hydrogens (primary N) is 3. The Hall–Kier alpha value is -7.38. The van der Waals surface area contributed by atoms with Crippen LogP contribution in [0.15, 0.2) is 320 Å². The summed E-state index contributed by atoms with van der Waals surface area (Å²) >= 11 is 14.0. The molecule has 0 bridgehead atoms. The van der Waals surface area contributed by atoms with Gasteiger partial charge in [0.05, 0.1) is 62.2 Å². The zero-order valence-corrected chi connectivity index (χ0v) is 91.3. The van der Waals surface area contributed by atoms with Crippen LogP contribution in [-0.4, -0.2) is 105 Å². The number of thiazole rings is 3. The summed E-state index contributed by atoms with van der Waals surface area (Å²) in [6.07, 6.45) is 24.4. The number of rotatable bonds is 39. The fourth-order valence-electron chi connectivity index (χ4n) is 13.3. The first kappa shape index (κ1) is 126. The third-order valence-electron chi connectivity index (χ3n) is 19.6. The maximum atomic E-state index is 13.9. The molecule has 11 rings (SSSR count). The minimum atomic E-state index is -0.664. The van der Waals surface area contributed by atoms with Gasteiger partial charge in [-0.3, -0.25) is 14.8 Å². The van der Waals surface area contributed by atoms with Gasteiger partial charge in [0.25, 0.3) is 0 Å². The number of Topliss-reactive ketones (excluding diaryl/α,β-unsaturated/α-hetero) is 1. The van der Waals surface area contributed by atoms with Crippen LogP contribution in [-0.2, 0) is 90.1 Å². The molecular weight excluding hydrogens is 2420 g/mol. The van der Waals surface area contributed by atoms with Gasteiger partial charge < -0.3 is 57.6 Å². The Bertz CT molecular complexity index is 4960. The second-order valence-electron chi connectivity index (χ2n) is 32.7. The van der Waals surface area contributed by atoms with E-state index in [2.05, 4.69) is 216 Å². The third kappa shape index (κ3) is 56.5. The summed E-state index contributed by atoms with van der Waals surface area (Å²) in [6, 6.07) is 79.5. The number of hydrogen-bond donors (Lipinski definition) is 7. The summed E-state index contributed by atoms with van der Waals surface area (Å²) in [5.41, 5.74) is 31.7. The van der Waals surface area contributed by atoms with Crippen molar-refractivity contribution in [3.8, 4) is 0 Å². The number of allylic oxidation sites excluding steroid dienone is 2. The fourth-order valence-corrected chi connectivity index (χ4v) is 15.1. The zero-order valence-electron chi connectivity index (χ0n) is 75.7. The summed E-state index contributed by atoms with van der Waals surface area (Å²) < 4.78 is 16.2. The van der Waals surface area contributed by atoms with E-state index in [4.69, 9.17) is 31.4 Å². The predicted molar refractivity (Wildman–Crippen MR) is 609 cm³/mol. The molecule has 9 atom stereocenters. The van der Waals surface area contributed by atoms with Crippen LogP contribution in [0, 0.1) is 17.8 Å². The van der Waals surface area contributed by atoms with E-state index in [1.807, 2.05) is 246 Å². The quantitative estimate of drug-likeness (QED) is 0.0107. The van der Waals surface area contributed by atoms with Crippen LogP contribution in [0.1, 0.15) is 162 Å². The van der Waals surface area contributed by atoms with Crippen molar-refractivity contribution in [2.45, 2.75) is 216 Å². The van der Waals surface area contributed by atoms with Crippen molar-refractivity contribution < 1.29 is 51.4 Å². The average Bonchev–Trinajstić information content (AvgIpc) is 1.79. The van der Waals surface area contributed by atoms with E-state index in [0.717, 1.165) is 69.3 Å². The molecule has 0 aliphatic rings. The summed E-state index contributed by atoms with van der Waals surface area (Å²) in [7, 11) is 1.72. The molecule has 0 radical (unpaired) electrons. The molecule has 0 spiro atoms. The SMILES string of the molecule is C.C.C.C.CC(C)c1nc(CN(C)C(=O)N[C@H](C(=O)C[C@H](/C=C/[C@H](Cc2ccccc2)NC(=O)OCc2cncs2)Cc2ccccc2)C(C)C)cs1.C[C@H](/C=C/[C@H](Cc1ccccc1)NC(=O)OC(C)(C)C)Cc1ccccc1.I.II.I[I-]I.N[C@H](/C=C/[C@@H](N)Cc1ccccc1)Cc1ccccc1.N[C@H](/C=C/[C@H](Cc1ccccc1)NC(=O)OCc1cncs1)Cc1ccccc1. The van der Waals surface area contributed by atoms with Crippen molar-refractivity contribution in [1.82, 2.24) is 41.1 Å². The number of carbonyl (C=O) groups is 5. The first-order valence-corrected chi connectivity index (χ1v) is 64.6. The average molecular weight is 2570 g/mol. The fraction of sp³-hybridized carbons (Fsp3) is 0.346. The van der Waals surface area contributed by atoms with Gasteiger partial charge in [-0.2, -0.15) is 0 Å². The Morgan fingerprint density at radius 3 is 1.07 bits per heavy atom. The van der Waals surface area contributed by atoms with Crippen LogP contribution in [0.2, 0.25) is 0 Å². The van der Waals surface area contributed by atoms with Gasteiger partial charge in [-0.15, -0.1) is 58.0 Å². The number of amides is 5. The number of benzene rings is 8. The molecule has 0 aliphatic carbocycles. The maximum Gasteiger partial charge on any atom is 0.407 e. The number of alkyl carbamates (subject to hydrolysis) is 3. The van der Waals surface area contributed by atoms with Crippen molar-refractivity contribution in [2.24, 2.45) is 35.0 Å². The maximum absolute atomic E-state index is 13.9. The number of aromatic nitrogens is 3. The van der Waals surface area contributed by atoms with E-state index in [1.165, 1.54) is 50.5 Å². The Labute approximate surface area is 888 Å². The molecule has 28 heteroatoms. The van der Waals surface area contributed by atoms with Crippen LogP contribution in [0.3, 0.4) is 0 Å². The van der Waals surface area contributed by atoms with Gasteiger partial charge >= 0.3 is 74.8 Å². The number of hydrogen-bond acceptors (Lipinski definition) is 17. The number of nitrogens with zero attached hydrogens (tertiary/aromatic N) is 4. The van der Waals surface area contributed by atoms with E-state index in [9.17, 15) is 24.0 Å². The number of nitrogens with one attached hydrogen (secondary N) is 4. The first-order valence-electron chi connectivity index (χ1n) is 43.2. The summed E-state index contributed by atoms with van der Waals surface area (Å²) in [5, 5.41) is 14.9. The van der Waals surface area contributed by atoms with Crippen molar-refractivity contribution in [3.05, 3.63) is 385 Å². The number of ether oxygens (including phenoxy) is 3. The number of ketones is 1. The molecule has 11 aromatic rings. The molecule has 0 fully saturated rings. The van der Waals surface area contributed by atoms with Crippen molar-refractivity contribution in [3.63, 3.8) is 0 Å². The van der Waals surface area contributed by atoms with Crippen molar-refractivity contribution in [2.75, 3.05) is 7.05 Å². The largest absolute Gasteiger partial charge is 0.444 e. The third-order valence-corrected chi connectivity index (χ3v) is 22.3. The molecular formula is C107H142I6N11O8S3-. The molecule has 3 heterocycles. The monoisotopic (exact) mass is 2570 g/mol. The second kappa shape index (κ2) is 73.7. The summed E-state index contributed by atoms with van der Waals surface area (Å²) in [5.74, 6) is 0.370. The van der Waals surface area contributed by atoms with E-state index < -0.39 is 23.8 Å². The molecule has 5 amide bonds. The van der Waals surface area contributed by atoms with Gasteiger partial charge in [0.2, 0.25) is 0 Å². The molecule has 0 saturated heterocycles. The van der Waals surface area contributed by atoms with Crippen LogP contribution in [0.5, 0.6) is 0 Å². The Morgan fingerprint density at radius 1 is 0.437 bits per heavy atom. The second-order valence-corrected chi connectivity index (χ2v) is 51.8. The topological polar surface area (TPSA) is 281 Å². The zero-order chi connectivity index (χ0) is 94.1. The van der Waals surface area contributed by atoms with E-state index in [0.29, 0.717) is 50.9 Å². The summed E-state index contributed by atoms with van der Waals surface area (Å²) in [4.78, 5) is 80.5. The van der Waals surface area contributed by atoms with Crippen molar-refractivity contribution in [1.29, 1.82) is 0 Å². The van der Waals surface area contributed by atoms with Gasteiger partial charge in [0, 0.05) is 92.5 Å². The molecule has 3 aromatic heterocycles. The van der Waals surface area contributed by atoms with Gasteiger partial charge in [-0.25, -0.2) is 24.2 Å². The molecule has 0 unspecified atom stereocenters. The standard InChI is InChI=1S/C38H47N5O4S2.C24H31NO2.C23H25N3O2S.C18H22N2.4CH4.I3.I2.HI/c1-26(2)35(42-37(45)43(5)22-32-24-48-36(40-32)27(3)4)34(44)20-30(18-28-12-8-6-9-13-28)16-17-31(19-29-14-10-7-11-15-29)41-38(46)47-23-33-21-39-25-49-33;1-19(17-20-11-7-5-8-12-20)15-16-22(18-21-13-9-6-10-14-21)25-23(26)27-24(2,3)4;24-20(13-18-7-3-1-4-8-18)11-12-21(14-19-9-5-2-6-10-19)26-23(27)28-16-22-15-25-17-29-22;19-17(13-15-7-3-1-4-8-15)11-12-18(20)14-16-9-5-2-6-10-16;;;;;1-3-2;1-2;/h6-17,21,24-27,30-31,35H,18-20,22-23H2,1-5H3,(H,41,46)(H,42,45);5-16,19,22H,17-18H2,1-4H3,(H,25,26);1-12,15,17,20-21H,13-14,16,24H2,(H,26,27);1-12,17-18H,13-14,19-20H2;4*1H4;;;1H/q;;;;;;;;-1;;/b17-16+;16-15+;2*12-11+;;;;;;;/t30-,31-,35+;19-,22-;20-,21-;17-,18-;;;;;;;/m1111......./s1. The molecule has 8 aromatic carbocycles. The van der Waals surface area contributed by atoms with E-state index in [-0.39, 0.29) is 139 Å². The normalized spacial score (nSPS) is 12.8. The van der Waals surface area contributed by atoms with Gasteiger partial charge in [0.1, 0.15) is 18.8 Å². The molecule has 734 valence electrons. The van der Waals surface area contributed by atoms with Crippen molar-refractivity contribution >= 4 is 163 Å². The van der Waals surface area contributed by atoms with Crippen LogP contribution < -0.4 is 51.7 Å². The van der Waals surface area contributed by atoms with Crippen LogP contribution in [0.4, 0.5) is 19.2 Å². The van der Waals surface area contributed by atoms with E-state index >= 15 is 0 Å². The number of halogens is 6. The van der Waals surface area contributed by atoms with Gasteiger partial charge in [-0.05, 0) is 134 Å². The van der Waals surface area contributed by atoms with Crippen LogP contribution >= 0.6 is 132 Å². The Morgan fingerprint density at radius 2 is 0.748 bits per heavy atom. The van der Waals surface area contributed by atoms with Gasteiger partial charge in [0.15, 0.2) is 5.78 Å². The van der Waals surface area contributed by atoms with Gasteiger partial charge in [-0.1, -0.05) is 356 Å². The Kier molecular flexibility index (Phi) is 68.6. The predicted octanol–water partition coefficient (Wildman–Crippen LogP) is 23.9. The smallest absolute Gasteiger partial charge is 0.407 e. The van der Waals surface area contributed by atoms with Crippen LogP contribution in [0.25, 0.3) is 0 Å². The number of urea groups is 1. The summed E-state index contributed by atoms with van der Waals surface area (Å²) in [6.45, 7) is 16.6.